The maximum absolute atomic E-state index is 13.6. The first-order chi connectivity index (χ1) is 8.22. The summed E-state index contributed by atoms with van der Waals surface area (Å²) in [4.78, 5) is 3.96. The van der Waals surface area contributed by atoms with Crippen LogP contribution in [0.3, 0.4) is 0 Å². The monoisotopic (exact) mass is 236 g/mol. The molecule has 17 heavy (non-hydrogen) atoms. The number of aromatic nitrogens is 2. The molecule has 0 aliphatic heterocycles. The van der Waals surface area contributed by atoms with E-state index in [2.05, 4.69) is 4.98 Å². The third kappa shape index (κ3) is 2.62. The van der Waals surface area contributed by atoms with Gasteiger partial charge in [-0.3, -0.25) is 0 Å². The Labute approximate surface area is 98.3 Å². The normalized spacial score (nSPS) is 10.5. The maximum atomic E-state index is 13.6. The van der Waals surface area contributed by atoms with E-state index in [4.69, 9.17) is 9.84 Å². The molecule has 4 nitrogen and oxygen atoms in total. The number of methoxy groups -OCH3 is 1. The molecule has 1 N–H and O–H groups in total. The number of aliphatic hydroxyl groups is 1. The second-order valence-electron chi connectivity index (χ2n) is 3.65. The predicted molar refractivity (Wildman–Crippen MR) is 60.2 cm³/mol. The van der Waals surface area contributed by atoms with Crippen LogP contribution in [0, 0.1) is 5.82 Å². The highest BCUT2D eigenvalue weighted by Gasteiger charge is 2.05. The lowest BCUT2D eigenvalue weighted by Crippen LogP contribution is -2.00. The lowest BCUT2D eigenvalue weighted by atomic mass is 10.2. The highest BCUT2D eigenvalue weighted by Crippen LogP contribution is 2.17. The van der Waals surface area contributed by atoms with E-state index in [-0.39, 0.29) is 12.4 Å². The number of aliphatic hydroxyl groups excluding tert-OH is 1. The van der Waals surface area contributed by atoms with Crippen molar-refractivity contribution < 1.29 is 14.2 Å². The summed E-state index contributed by atoms with van der Waals surface area (Å²) in [6.07, 6.45) is 3.25. The summed E-state index contributed by atoms with van der Waals surface area (Å²) in [6, 6.07) is 4.73. The van der Waals surface area contributed by atoms with Gasteiger partial charge in [-0.05, 0) is 6.07 Å². The molecule has 0 aliphatic carbocycles. The van der Waals surface area contributed by atoms with Crippen molar-refractivity contribution >= 4 is 0 Å². The Hall–Kier alpha value is -1.88. The van der Waals surface area contributed by atoms with Crippen LogP contribution >= 0.6 is 0 Å². The summed E-state index contributed by atoms with van der Waals surface area (Å²) in [7, 11) is 1.50. The second kappa shape index (κ2) is 4.97. The Morgan fingerprint density at radius 3 is 2.88 bits per heavy atom. The lowest BCUT2D eigenvalue weighted by molar-refractivity contribution is 0.277. The minimum absolute atomic E-state index is 0.113. The summed E-state index contributed by atoms with van der Waals surface area (Å²) >= 11 is 0. The van der Waals surface area contributed by atoms with E-state index in [9.17, 15) is 4.39 Å². The maximum Gasteiger partial charge on any atom is 0.131 e. The molecule has 1 aromatic carbocycles. The van der Waals surface area contributed by atoms with Crippen molar-refractivity contribution in [1.82, 2.24) is 9.55 Å². The molecule has 90 valence electrons. The number of benzene rings is 1. The minimum Gasteiger partial charge on any atom is -0.497 e. The van der Waals surface area contributed by atoms with Crippen molar-refractivity contribution in [1.29, 1.82) is 0 Å². The van der Waals surface area contributed by atoms with Gasteiger partial charge in [-0.2, -0.15) is 0 Å². The number of ether oxygens (including phenoxy) is 1. The van der Waals surface area contributed by atoms with E-state index in [1.165, 1.54) is 13.2 Å². The molecule has 1 heterocycles. The van der Waals surface area contributed by atoms with Gasteiger partial charge < -0.3 is 14.4 Å². The zero-order valence-corrected chi connectivity index (χ0v) is 9.43. The molecule has 0 bridgehead atoms. The Morgan fingerprint density at radius 2 is 2.29 bits per heavy atom. The molecule has 0 amide bonds. The van der Waals surface area contributed by atoms with E-state index in [0.29, 0.717) is 23.6 Å². The molecule has 1 aromatic heterocycles. The SMILES string of the molecule is COc1ccc(Cn2cnc(CO)c2)c(F)c1. The first-order valence-corrected chi connectivity index (χ1v) is 5.17. The topological polar surface area (TPSA) is 47.3 Å². The molecule has 0 aliphatic rings. The minimum atomic E-state index is -0.316. The lowest BCUT2D eigenvalue weighted by Gasteiger charge is -2.06. The molecule has 0 saturated carbocycles. The van der Waals surface area contributed by atoms with Crippen LogP contribution in [0.2, 0.25) is 0 Å². The van der Waals surface area contributed by atoms with E-state index < -0.39 is 0 Å². The number of halogens is 1. The Morgan fingerprint density at radius 1 is 1.47 bits per heavy atom. The first-order valence-electron chi connectivity index (χ1n) is 5.17. The van der Waals surface area contributed by atoms with Gasteiger partial charge in [-0.25, -0.2) is 9.37 Å². The smallest absolute Gasteiger partial charge is 0.131 e. The van der Waals surface area contributed by atoms with Crippen LogP contribution in [-0.4, -0.2) is 21.8 Å². The molecule has 0 unspecified atom stereocenters. The standard InChI is InChI=1S/C12H13FN2O2/c1-17-11-3-2-9(12(13)4-11)5-15-6-10(7-16)14-8-15/h2-4,6,8,16H,5,7H2,1H3. The van der Waals surface area contributed by atoms with Crippen LogP contribution in [-0.2, 0) is 13.2 Å². The van der Waals surface area contributed by atoms with E-state index in [0.717, 1.165) is 0 Å². The summed E-state index contributed by atoms with van der Waals surface area (Å²) in [5, 5.41) is 8.87. The van der Waals surface area contributed by atoms with Crippen LogP contribution in [0.1, 0.15) is 11.3 Å². The highest BCUT2D eigenvalue weighted by atomic mass is 19.1. The zero-order valence-electron chi connectivity index (χ0n) is 9.43. The average molecular weight is 236 g/mol. The average Bonchev–Trinajstić information content (AvgIpc) is 2.79. The predicted octanol–water partition coefficient (Wildman–Crippen LogP) is 1.57. The van der Waals surface area contributed by atoms with Gasteiger partial charge in [0, 0.05) is 17.8 Å². The number of nitrogens with zero attached hydrogens (tertiary/aromatic N) is 2. The molecular weight excluding hydrogens is 223 g/mol. The molecular formula is C12H13FN2O2. The quantitative estimate of drug-likeness (QED) is 0.876. The van der Waals surface area contributed by atoms with Crippen molar-refractivity contribution in [2.45, 2.75) is 13.2 Å². The van der Waals surface area contributed by atoms with Crippen molar-refractivity contribution in [3.63, 3.8) is 0 Å². The number of imidazole rings is 1. The zero-order chi connectivity index (χ0) is 12.3. The summed E-state index contributed by atoms with van der Waals surface area (Å²) in [5.41, 5.74) is 1.12. The van der Waals surface area contributed by atoms with Gasteiger partial charge in [0.15, 0.2) is 0 Å². The highest BCUT2D eigenvalue weighted by molar-refractivity contribution is 5.29. The van der Waals surface area contributed by atoms with Gasteiger partial charge in [0.1, 0.15) is 11.6 Å². The van der Waals surface area contributed by atoms with Gasteiger partial charge in [0.05, 0.1) is 32.3 Å². The van der Waals surface area contributed by atoms with Crippen molar-refractivity contribution in [3.05, 3.63) is 47.8 Å². The van der Waals surface area contributed by atoms with Crippen molar-refractivity contribution in [3.8, 4) is 5.75 Å². The van der Waals surface area contributed by atoms with Crippen LogP contribution in [0.4, 0.5) is 4.39 Å². The van der Waals surface area contributed by atoms with Gasteiger partial charge >= 0.3 is 0 Å². The van der Waals surface area contributed by atoms with E-state index >= 15 is 0 Å². The fourth-order valence-corrected chi connectivity index (χ4v) is 1.55. The molecule has 0 fully saturated rings. The Bertz CT molecular complexity index is 511. The van der Waals surface area contributed by atoms with Gasteiger partial charge in [-0.1, -0.05) is 6.07 Å². The molecule has 0 spiro atoms. The molecule has 0 saturated heterocycles. The van der Waals surface area contributed by atoms with Gasteiger partial charge in [-0.15, -0.1) is 0 Å². The second-order valence-corrected chi connectivity index (χ2v) is 3.65. The Balaban J connectivity index is 2.18. The van der Waals surface area contributed by atoms with Crippen LogP contribution in [0.25, 0.3) is 0 Å². The summed E-state index contributed by atoms with van der Waals surface area (Å²) in [6.45, 7) is 0.265. The molecule has 2 aromatic rings. The first kappa shape index (κ1) is 11.6. The molecule has 5 heteroatoms. The van der Waals surface area contributed by atoms with E-state index in [1.807, 2.05) is 0 Å². The molecule has 0 radical (unpaired) electrons. The summed E-state index contributed by atoms with van der Waals surface area (Å²) < 4.78 is 20.3. The largest absolute Gasteiger partial charge is 0.497 e. The fourth-order valence-electron chi connectivity index (χ4n) is 1.55. The number of rotatable bonds is 4. The van der Waals surface area contributed by atoms with Crippen LogP contribution < -0.4 is 4.74 Å². The molecule has 2 rings (SSSR count). The van der Waals surface area contributed by atoms with Crippen molar-refractivity contribution in [2.24, 2.45) is 0 Å². The van der Waals surface area contributed by atoms with Gasteiger partial charge in [0.25, 0.3) is 0 Å². The summed E-state index contributed by atoms with van der Waals surface area (Å²) in [5.74, 6) is 0.177. The Kier molecular flexibility index (Phi) is 3.39. The van der Waals surface area contributed by atoms with Crippen LogP contribution in [0.15, 0.2) is 30.7 Å². The van der Waals surface area contributed by atoms with E-state index in [1.54, 1.807) is 29.2 Å². The molecule has 0 atom stereocenters. The third-order valence-electron chi connectivity index (χ3n) is 2.46. The number of hydrogen-bond donors (Lipinski definition) is 1. The van der Waals surface area contributed by atoms with Crippen molar-refractivity contribution in [2.75, 3.05) is 7.11 Å². The fraction of sp³-hybridized carbons (Fsp3) is 0.250. The van der Waals surface area contributed by atoms with Crippen LogP contribution in [0.5, 0.6) is 5.75 Å². The van der Waals surface area contributed by atoms with Gasteiger partial charge in [0.2, 0.25) is 0 Å². The third-order valence-corrected chi connectivity index (χ3v) is 2.46. The number of hydrogen-bond acceptors (Lipinski definition) is 3.